The summed E-state index contributed by atoms with van der Waals surface area (Å²) in [4.78, 5) is 0. The molecule has 3 heteroatoms. The molecule has 0 radical (unpaired) electrons. The second kappa shape index (κ2) is 5.69. The third-order valence-electron chi connectivity index (χ3n) is 2.97. The molecule has 1 fully saturated rings. The lowest BCUT2D eigenvalue weighted by Crippen LogP contribution is -2.21. The molecule has 2 rings (SSSR count). The van der Waals surface area contributed by atoms with E-state index in [1.54, 1.807) is 0 Å². The predicted octanol–water partition coefficient (Wildman–Crippen LogP) is 3.56. The van der Waals surface area contributed by atoms with E-state index in [9.17, 15) is 0 Å². The van der Waals surface area contributed by atoms with Crippen LogP contribution < -0.4 is 4.74 Å². The minimum Gasteiger partial charge on any atom is -0.492 e. The first-order valence-electron chi connectivity index (χ1n) is 5.73. The average Bonchev–Trinajstić information content (AvgIpc) is 2.32. The van der Waals surface area contributed by atoms with Gasteiger partial charge >= 0.3 is 0 Å². The quantitative estimate of drug-likeness (QED) is 0.845. The standard InChI is InChI=1S/C13H17BrO2/c1-10-3-2-4-12(13(10)14)16-9-11-5-7-15-8-6-11/h2-4,11H,5-9H2,1H3. The van der Waals surface area contributed by atoms with Gasteiger partial charge in [-0.2, -0.15) is 0 Å². The van der Waals surface area contributed by atoms with E-state index < -0.39 is 0 Å². The van der Waals surface area contributed by atoms with E-state index in [0.29, 0.717) is 5.92 Å². The molecule has 1 aromatic carbocycles. The highest BCUT2D eigenvalue weighted by atomic mass is 79.9. The Kier molecular flexibility index (Phi) is 4.24. The van der Waals surface area contributed by atoms with Gasteiger partial charge in [0.1, 0.15) is 5.75 Å². The Morgan fingerprint density at radius 2 is 2.12 bits per heavy atom. The van der Waals surface area contributed by atoms with E-state index in [1.807, 2.05) is 12.1 Å². The molecule has 1 aliphatic heterocycles. The monoisotopic (exact) mass is 284 g/mol. The van der Waals surface area contributed by atoms with Gasteiger partial charge in [0.2, 0.25) is 0 Å². The lowest BCUT2D eigenvalue weighted by molar-refractivity contribution is 0.0496. The Labute approximate surface area is 105 Å². The van der Waals surface area contributed by atoms with Crippen molar-refractivity contribution in [2.45, 2.75) is 19.8 Å². The summed E-state index contributed by atoms with van der Waals surface area (Å²) >= 11 is 3.56. The maximum absolute atomic E-state index is 5.85. The summed E-state index contributed by atoms with van der Waals surface area (Å²) in [6.07, 6.45) is 2.23. The SMILES string of the molecule is Cc1cccc(OCC2CCOCC2)c1Br. The lowest BCUT2D eigenvalue weighted by Gasteiger charge is -2.22. The molecular weight excluding hydrogens is 268 g/mol. The maximum atomic E-state index is 5.85. The van der Waals surface area contributed by atoms with Crippen LogP contribution in [-0.2, 0) is 4.74 Å². The van der Waals surface area contributed by atoms with Crippen LogP contribution in [0.25, 0.3) is 0 Å². The van der Waals surface area contributed by atoms with Gasteiger partial charge in [0.15, 0.2) is 0 Å². The first kappa shape index (κ1) is 11.9. The van der Waals surface area contributed by atoms with Gasteiger partial charge in [0.25, 0.3) is 0 Å². The zero-order valence-corrected chi connectivity index (χ0v) is 11.1. The van der Waals surface area contributed by atoms with E-state index in [-0.39, 0.29) is 0 Å². The van der Waals surface area contributed by atoms with Crippen molar-refractivity contribution >= 4 is 15.9 Å². The zero-order valence-electron chi connectivity index (χ0n) is 9.54. The van der Waals surface area contributed by atoms with Crippen LogP contribution in [0.15, 0.2) is 22.7 Å². The van der Waals surface area contributed by atoms with Gasteiger partial charge in [-0.3, -0.25) is 0 Å². The van der Waals surface area contributed by atoms with Crippen molar-refractivity contribution in [2.24, 2.45) is 5.92 Å². The van der Waals surface area contributed by atoms with Gasteiger partial charge in [-0.1, -0.05) is 12.1 Å². The summed E-state index contributed by atoms with van der Waals surface area (Å²) in [6.45, 7) is 4.63. The number of benzene rings is 1. The summed E-state index contributed by atoms with van der Waals surface area (Å²) in [5, 5.41) is 0. The minimum atomic E-state index is 0.640. The average molecular weight is 285 g/mol. The fraction of sp³-hybridized carbons (Fsp3) is 0.538. The fourth-order valence-corrected chi connectivity index (χ4v) is 2.23. The fourth-order valence-electron chi connectivity index (χ4n) is 1.85. The topological polar surface area (TPSA) is 18.5 Å². The molecule has 1 aliphatic rings. The molecule has 0 bridgehead atoms. The molecule has 0 spiro atoms. The normalized spacial score (nSPS) is 17.4. The van der Waals surface area contributed by atoms with E-state index in [0.717, 1.165) is 42.9 Å². The van der Waals surface area contributed by atoms with Crippen LogP contribution in [0, 0.1) is 12.8 Å². The molecule has 16 heavy (non-hydrogen) atoms. The van der Waals surface area contributed by atoms with Crippen LogP contribution in [0.2, 0.25) is 0 Å². The Bertz CT molecular complexity index is 346. The van der Waals surface area contributed by atoms with E-state index in [2.05, 4.69) is 28.9 Å². The first-order valence-corrected chi connectivity index (χ1v) is 6.52. The molecule has 1 saturated heterocycles. The molecule has 0 N–H and O–H groups in total. The molecular formula is C13H17BrO2. The summed E-state index contributed by atoms with van der Waals surface area (Å²) in [7, 11) is 0. The number of rotatable bonds is 3. The van der Waals surface area contributed by atoms with Crippen molar-refractivity contribution in [3.63, 3.8) is 0 Å². The highest BCUT2D eigenvalue weighted by Crippen LogP contribution is 2.29. The minimum absolute atomic E-state index is 0.640. The Morgan fingerprint density at radius 1 is 1.38 bits per heavy atom. The first-order chi connectivity index (χ1) is 7.77. The van der Waals surface area contributed by atoms with Gasteiger partial charge in [-0.15, -0.1) is 0 Å². The van der Waals surface area contributed by atoms with Crippen LogP contribution in [-0.4, -0.2) is 19.8 Å². The van der Waals surface area contributed by atoms with Crippen molar-refractivity contribution in [3.05, 3.63) is 28.2 Å². The second-order valence-corrected chi connectivity index (χ2v) is 5.05. The van der Waals surface area contributed by atoms with Gasteiger partial charge in [-0.25, -0.2) is 0 Å². The number of aryl methyl sites for hydroxylation is 1. The molecule has 0 aromatic heterocycles. The zero-order chi connectivity index (χ0) is 11.4. The number of halogens is 1. The smallest absolute Gasteiger partial charge is 0.133 e. The number of hydrogen-bond acceptors (Lipinski definition) is 2. The van der Waals surface area contributed by atoms with E-state index in [4.69, 9.17) is 9.47 Å². The molecule has 88 valence electrons. The van der Waals surface area contributed by atoms with Crippen molar-refractivity contribution in [2.75, 3.05) is 19.8 Å². The van der Waals surface area contributed by atoms with E-state index >= 15 is 0 Å². The van der Waals surface area contributed by atoms with Crippen molar-refractivity contribution in [1.29, 1.82) is 0 Å². The van der Waals surface area contributed by atoms with Crippen molar-refractivity contribution in [3.8, 4) is 5.75 Å². The van der Waals surface area contributed by atoms with Gasteiger partial charge in [0, 0.05) is 13.2 Å². The van der Waals surface area contributed by atoms with Crippen molar-refractivity contribution in [1.82, 2.24) is 0 Å². The third kappa shape index (κ3) is 2.98. The number of ether oxygens (including phenoxy) is 2. The Morgan fingerprint density at radius 3 is 2.88 bits per heavy atom. The Balaban J connectivity index is 1.91. The molecule has 1 aromatic rings. The second-order valence-electron chi connectivity index (χ2n) is 4.25. The van der Waals surface area contributed by atoms with Crippen LogP contribution >= 0.6 is 15.9 Å². The molecule has 1 heterocycles. The van der Waals surface area contributed by atoms with Crippen molar-refractivity contribution < 1.29 is 9.47 Å². The van der Waals surface area contributed by atoms with Crippen LogP contribution in [0.1, 0.15) is 18.4 Å². The highest BCUT2D eigenvalue weighted by molar-refractivity contribution is 9.10. The lowest BCUT2D eigenvalue weighted by atomic mass is 10.0. The summed E-state index contributed by atoms with van der Waals surface area (Å²) < 4.78 is 12.3. The summed E-state index contributed by atoms with van der Waals surface area (Å²) in [5.41, 5.74) is 1.21. The molecule has 0 atom stereocenters. The number of hydrogen-bond donors (Lipinski definition) is 0. The molecule has 2 nitrogen and oxygen atoms in total. The van der Waals surface area contributed by atoms with Gasteiger partial charge in [0.05, 0.1) is 11.1 Å². The maximum Gasteiger partial charge on any atom is 0.133 e. The third-order valence-corrected chi connectivity index (χ3v) is 3.99. The Hall–Kier alpha value is -0.540. The summed E-state index contributed by atoms with van der Waals surface area (Å²) in [5.74, 6) is 1.59. The summed E-state index contributed by atoms with van der Waals surface area (Å²) in [6, 6.07) is 6.11. The molecule has 0 aliphatic carbocycles. The van der Waals surface area contributed by atoms with Crippen LogP contribution in [0.3, 0.4) is 0 Å². The van der Waals surface area contributed by atoms with Crippen LogP contribution in [0.4, 0.5) is 0 Å². The van der Waals surface area contributed by atoms with Gasteiger partial charge < -0.3 is 9.47 Å². The highest BCUT2D eigenvalue weighted by Gasteiger charge is 2.15. The molecule has 0 amide bonds. The van der Waals surface area contributed by atoms with Gasteiger partial charge in [-0.05, 0) is 53.2 Å². The van der Waals surface area contributed by atoms with Crippen LogP contribution in [0.5, 0.6) is 5.75 Å². The largest absolute Gasteiger partial charge is 0.492 e. The molecule has 0 saturated carbocycles. The molecule has 0 unspecified atom stereocenters. The van der Waals surface area contributed by atoms with E-state index in [1.165, 1.54) is 5.56 Å². The predicted molar refractivity (Wildman–Crippen MR) is 67.9 cm³/mol.